The lowest BCUT2D eigenvalue weighted by atomic mass is 9.73. The fraction of sp³-hybridized carbons (Fsp3) is 0.357. The van der Waals surface area contributed by atoms with Gasteiger partial charge in [0.05, 0.1) is 18.8 Å². The number of allylic oxidation sites excluding steroid dienone is 1. The monoisotopic (exact) mass is 214 g/mol. The SMILES string of the molecule is O=C(C1=COCCC1)C1Cc2ccccc21. The van der Waals surface area contributed by atoms with Gasteiger partial charge in [0.2, 0.25) is 0 Å². The van der Waals surface area contributed by atoms with Gasteiger partial charge >= 0.3 is 0 Å². The predicted molar refractivity (Wildman–Crippen MR) is 61.2 cm³/mol. The van der Waals surface area contributed by atoms with Crippen molar-refractivity contribution in [2.24, 2.45) is 0 Å². The Morgan fingerprint density at radius 3 is 2.94 bits per heavy atom. The maximum atomic E-state index is 12.2. The molecule has 0 amide bonds. The Balaban J connectivity index is 1.81. The molecule has 1 heterocycles. The summed E-state index contributed by atoms with van der Waals surface area (Å²) in [6.07, 6.45) is 4.39. The Morgan fingerprint density at radius 1 is 1.31 bits per heavy atom. The molecule has 0 bridgehead atoms. The van der Waals surface area contributed by atoms with E-state index in [0.29, 0.717) is 0 Å². The maximum absolute atomic E-state index is 12.2. The first-order valence-electron chi connectivity index (χ1n) is 5.79. The van der Waals surface area contributed by atoms with E-state index in [-0.39, 0.29) is 11.7 Å². The van der Waals surface area contributed by atoms with Gasteiger partial charge in [0.25, 0.3) is 0 Å². The number of hydrogen-bond donors (Lipinski definition) is 0. The zero-order chi connectivity index (χ0) is 11.0. The summed E-state index contributed by atoms with van der Waals surface area (Å²) < 4.78 is 5.23. The summed E-state index contributed by atoms with van der Waals surface area (Å²) >= 11 is 0. The van der Waals surface area contributed by atoms with Crippen LogP contribution in [0.3, 0.4) is 0 Å². The van der Waals surface area contributed by atoms with Crippen LogP contribution < -0.4 is 0 Å². The molecule has 0 N–H and O–H groups in total. The molecular weight excluding hydrogens is 200 g/mol. The first kappa shape index (κ1) is 9.64. The van der Waals surface area contributed by atoms with E-state index in [1.54, 1.807) is 6.26 Å². The van der Waals surface area contributed by atoms with Gasteiger partial charge in [-0.1, -0.05) is 24.3 Å². The number of hydrogen-bond acceptors (Lipinski definition) is 2. The van der Waals surface area contributed by atoms with Crippen molar-refractivity contribution in [1.29, 1.82) is 0 Å². The predicted octanol–water partition coefficient (Wildman–Crippen LogP) is 2.59. The number of carbonyl (C=O) groups excluding carboxylic acids is 1. The average Bonchev–Trinajstić information content (AvgIpc) is 2.32. The summed E-state index contributed by atoms with van der Waals surface area (Å²) in [5, 5.41) is 0. The molecule has 0 fully saturated rings. The smallest absolute Gasteiger partial charge is 0.169 e. The summed E-state index contributed by atoms with van der Waals surface area (Å²) in [4.78, 5) is 12.2. The van der Waals surface area contributed by atoms with Crippen LogP contribution in [-0.2, 0) is 16.0 Å². The second-order valence-corrected chi connectivity index (χ2v) is 4.44. The molecule has 1 aromatic carbocycles. The minimum Gasteiger partial charge on any atom is -0.501 e. The van der Waals surface area contributed by atoms with Gasteiger partial charge in [0.1, 0.15) is 0 Å². The first-order chi connectivity index (χ1) is 7.86. The second-order valence-electron chi connectivity index (χ2n) is 4.44. The first-order valence-corrected chi connectivity index (χ1v) is 5.79. The zero-order valence-corrected chi connectivity index (χ0v) is 9.11. The van der Waals surface area contributed by atoms with E-state index in [1.807, 2.05) is 12.1 Å². The van der Waals surface area contributed by atoms with Crippen molar-refractivity contribution in [1.82, 2.24) is 0 Å². The molecule has 16 heavy (non-hydrogen) atoms. The number of Topliss-reactive ketones (excluding diaryl/α,β-unsaturated/α-hetero) is 1. The van der Waals surface area contributed by atoms with Crippen LogP contribution >= 0.6 is 0 Å². The molecule has 3 rings (SSSR count). The minimum atomic E-state index is 0.0872. The molecule has 82 valence electrons. The largest absolute Gasteiger partial charge is 0.501 e. The van der Waals surface area contributed by atoms with Crippen molar-refractivity contribution in [3.63, 3.8) is 0 Å². The van der Waals surface area contributed by atoms with Crippen molar-refractivity contribution in [2.45, 2.75) is 25.2 Å². The number of ketones is 1. The molecule has 0 spiro atoms. The van der Waals surface area contributed by atoms with Crippen LogP contribution in [0.4, 0.5) is 0 Å². The molecule has 0 radical (unpaired) electrons. The number of rotatable bonds is 2. The summed E-state index contributed by atoms with van der Waals surface area (Å²) in [6.45, 7) is 0.748. The van der Waals surface area contributed by atoms with E-state index in [0.717, 1.165) is 31.4 Å². The fourth-order valence-electron chi connectivity index (χ4n) is 2.46. The van der Waals surface area contributed by atoms with Crippen molar-refractivity contribution in [3.05, 3.63) is 47.2 Å². The third kappa shape index (κ3) is 1.45. The Labute approximate surface area is 94.9 Å². The lowest BCUT2D eigenvalue weighted by Gasteiger charge is -2.30. The van der Waals surface area contributed by atoms with Crippen molar-refractivity contribution in [3.8, 4) is 0 Å². The number of benzene rings is 1. The van der Waals surface area contributed by atoms with Crippen LogP contribution in [0.15, 0.2) is 36.1 Å². The van der Waals surface area contributed by atoms with Crippen LogP contribution in [0.5, 0.6) is 0 Å². The van der Waals surface area contributed by atoms with Crippen LogP contribution in [-0.4, -0.2) is 12.4 Å². The Morgan fingerprint density at radius 2 is 2.19 bits per heavy atom. The van der Waals surface area contributed by atoms with Gasteiger partial charge in [-0.3, -0.25) is 4.79 Å². The molecule has 2 nitrogen and oxygen atoms in total. The number of ether oxygens (including phenoxy) is 1. The Hall–Kier alpha value is -1.57. The zero-order valence-electron chi connectivity index (χ0n) is 9.11. The highest BCUT2D eigenvalue weighted by Crippen LogP contribution is 2.37. The Bertz CT molecular complexity index is 460. The standard InChI is InChI=1S/C14H14O2/c15-14(11-5-3-7-16-9-11)13-8-10-4-1-2-6-12(10)13/h1-2,4,6,9,13H,3,5,7-8H2. The number of fused-ring (bicyclic) bond motifs is 1. The van der Waals surface area contributed by atoms with E-state index < -0.39 is 0 Å². The molecule has 1 aromatic rings. The van der Waals surface area contributed by atoms with E-state index in [9.17, 15) is 4.79 Å². The summed E-state index contributed by atoms with van der Waals surface area (Å²) in [5.41, 5.74) is 3.39. The van der Waals surface area contributed by atoms with Crippen LogP contribution in [0.2, 0.25) is 0 Å². The van der Waals surface area contributed by atoms with Crippen molar-refractivity contribution < 1.29 is 9.53 Å². The number of carbonyl (C=O) groups is 1. The van der Waals surface area contributed by atoms with Gasteiger partial charge in [0.15, 0.2) is 5.78 Å². The fourth-order valence-corrected chi connectivity index (χ4v) is 2.46. The molecule has 0 aromatic heterocycles. The molecule has 1 aliphatic carbocycles. The molecule has 0 saturated heterocycles. The molecule has 1 atom stereocenters. The third-order valence-corrected chi connectivity index (χ3v) is 3.42. The lowest BCUT2D eigenvalue weighted by molar-refractivity contribution is -0.117. The van der Waals surface area contributed by atoms with Gasteiger partial charge < -0.3 is 4.74 Å². The molecule has 1 aliphatic heterocycles. The molecular formula is C14H14O2. The van der Waals surface area contributed by atoms with E-state index in [4.69, 9.17) is 4.74 Å². The van der Waals surface area contributed by atoms with Gasteiger partial charge in [-0.2, -0.15) is 0 Å². The minimum absolute atomic E-state index is 0.0872. The van der Waals surface area contributed by atoms with E-state index >= 15 is 0 Å². The topological polar surface area (TPSA) is 26.3 Å². The Kier molecular flexibility index (Phi) is 2.28. The molecule has 0 saturated carbocycles. The van der Waals surface area contributed by atoms with Gasteiger partial charge in [0, 0.05) is 5.57 Å². The van der Waals surface area contributed by atoms with Gasteiger partial charge in [-0.15, -0.1) is 0 Å². The summed E-state index contributed by atoms with van der Waals surface area (Å²) in [6, 6.07) is 8.20. The van der Waals surface area contributed by atoms with Crippen LogP contribution in [0, 0.1) is 0 Å². The maximum Gasteiger partial charge on any atom is 0.169 e. The van der Waals surface area contributed by atoms with Gasteiger partial charge in [-0.25, -0.2) is 0 Å². The van der Waals surface area contributed by atoms with Crippen LogP contribution in [0.1, 0.15) is 29.9 Å². The summed E-state index contributed by atoms with van der Waals surface area (Å²) in [7, 11) is 0. The average molecular weight is 214 g/mol. The highest BCUT2D eigenvalue weighted by Gasteiger charge is 2.33. The summed E-state index contributed by atoms with van der Waals surface area (Å²) in [5.74, 6) is 0.350. The van der Waals surface area contributed by atoms with Crippen molar-refractivity contribution in [2.75, 3.05) is 6.61 Å². The van der Waals surface area contributed by atoms with E-state index in [1.165, 1.54) is 11.1 Å². The lowest BCUT2D eigenvalue weighted by Crippen LogP contribution is -2.27. The molecule has 1 unspecified atom stereocenters. The molecule has 2 aliphatic rings. The van der Waals surface area contributed by atoms with E-state index in [2.05, 4.69) is 12.1 Å². The van der Waals surface area contributed by atoms with Gasteiger partial charge in [-0.05, 0) is 30.4 Å². The molecule has 2 heteroatoms. The third-order valence-electron chi connectivity index (χ3n) is 3.42. The highest BCUT2D eigenvalue weighted by molar-refractivity contribution is 6.01. The van der Waals surface area contributed by atoms with Crippen LogP contribution in [0.25, 0.3) is 0 Å². The normalized spacial score (nSPS) is 22.5. The quantitative estimate of drug-likeness (QED) is 0.756. The van der Waals surface area contributed by atoms with Crippen molar-refractivity contribution >= 4 is 5.78 Å². The second kappa shape index (κ2) is 3.78. The highest BCUT2D eigenvalue weighted by atomic mass is 16.5.